The van der Waals surface area contributed by atoms with Gasteiger partial charge in [0.15, 0.2) is 0 Å². The Labute approximate surface area is 128 Å². The van der Waals surface area contributed by atoms with Gasteiger partial charge in [0.05, 0.1) is 13.0 Å². The Morgan fingerprint density at radius 3 is 2.43 bits per heavy atom. The molecule has 0 fully saturated rings. The van der Waals surface area contributed by atoms with Crippen LogP contribution in [-0.2, 0) is 10.2 Å². The molecule has 0 heterocycles. The average Bonchev–Trinajstić information content (AvgIpc) is 2.41. The quantitative estimate of drug-likeness (QED) is 0.789. The maximum Gasteiger partial charge on any atom is 0.303 e. The maximum absolute atomic E-state index is 11.0. The van der Waals surface area contributed by atoms with E-state index in [0.29, 0.717) is 6.61 Å². The summed E-state index contributed by atoms with van der Waals surface area (Å²) in [6, 6.07) is 6.13. The van der Waals surface area contributed by atoms with Crippen molar-refractivity contribution in [2.75, 3.05) is 6.61 Å². The van der Waals surface area contributed by atoms with Crippen molar-refractivity contribution in [1.29, 1.82) is 0 Å². The van der Waals surface area contributed by atoms with Gasteiger partial charge in [0.25, 0.3) is 0 Å². The number of hydrogen-bond donors (Lipinski definition) is 1. The molecule has 0 saturated carbocycles. The molecule has 0 amide bonds. The summed E-state index contributed by atoms with van der Waals surface area (Å²) in [6.07, 6.45) is 1.97. The van der Waals surface area contributed by atoms with Crippen LogP contribution in [-0.4, -0.2) is 17.7 Å². The number of carbonyl (C=O) groups is 1. The fraction of sp³-hybridized carbons (Fsp3) is 0.611. The molecule has 0 saturated heterocycles. The van der Waals surface area contributed by atoms with Crippen LogP contribution in [0.4, 0.5) is 0 Å². The van der Waals surface area contributed by atoms with Gasteiger partial charge >= 0.3 is 5.97 Å². The molecule has 0 radical (unpaired) electrons. The number of aliphatic carboxylic acids is 1. The van der Waals surface area contributed by atoms with Crippen LogP contribution in [0.5, 0.6) is 5.75 Å². The summed E-state index contributed by atoms with van der Waals surface area (Å²) in [7, 11) is 0. The Kier molecular flexibility index (Phi) is 6.25. The van der Waals surface area contributed by atoms with E-state index in [1.54, 1.807) is 0 Å². The first-order chi connectivity index (χ1) is 9.79. The normalized spacial score (nSPS) is 13.0. The van der Waals surface area contributed by atoms with Gasteiger partial charge in [0, 0.05) is 0 Å². The molecule has 3 nitrogen and oxygen atoms in total. The molecule has 118 valence electrons. The Balaban J connectivity index is 3.16. The van der Waals surface area contributed by atoms with Gasteiger partial charge in [-0.05, 0) is 41.4 Å². The standard InChI is InChI=1S/C18H28O3/c1-6-10-21-16-9-8-14(11-15(16)18(3,4)5)13(7-2)12-17(19)20/h8-9,11,13H,6-7,10,12H2,1-5H3,(H,19,20). The molecule has 1 aromatic carbocycles. The first-order valence-corrected chi connectivity index (χ1v) is 7.78. The second-order valence-corrected chi connectivity index (χ2v) is 6.56. The monoisotopic (exact) mass is 292 g/mol. The zero-order valence-electron chi connectivity index (χ0n) is 13.9. The molecule has 1 rings (SSSR count). The van der Waals surface area contributed by atoms with Gasteiger partial charge in [-0.15, -0.1) is 0 Å². The van der Waals surface area contributed by atoms with Crippen LogP contribution in [0, 0.1) is 0 Å². The fourth-order valence-electron chi connectivity index (χ4n) is 2.43. The van der Waals surface area contributed by atoms with E-state index in [4.69, 9.17) is 9.84 Å². The minimum Gasteiger partial charge on any atom is -0.493 e. The molecular weight excluding hydrogens is 264 g/mol. The third-order valence-corrected chi connectivity index (χ3v) is 3.66. The lowest BCUT2D eigenvalue weighted by atomic mass is 9.82. The summed E-state index contributed by atoms with van der Waals surface area (Å²) in [6.45, 7) is 11.3. The van der Waals surface area contributed by atoms with Crippen molar-refractivity contribution in [3.63, 3.8) is 0 Å². The van der Waals surface area contributed by atoms with E-state index in [0.717, 1.165) is 29.7 Å². The number of rotatable bonds is 7. The molecule has 0 spiro atoms. The predicted octanol–water partition coefficient (Wildman–Crippen LogP) is 4.74. The number of hydrogen-bond acceptors (Lipinski definition) is 2. The fourth-order valence-corrected chi connectivity index (χ4v) is 2.43. The van der Waals surface area contributed by atoms with E-state index in [1.165, 1.54) is 0 Å². The highest BCUT2D eigenvalue weighted by molar-refractivity contribution is 5.68. The predicted molar refractivity (Wildman–Crippen MR) is 86.2 cm³/mol. The molecule has 0 aliphatic heterocycles. The van der Waals surface area contributed by atoms with Gasteiger partial charge in [0.1, 0.15) is 5.75 Å². The minimum atomic E-state index is -0.745. The van der Waals surface area contributed by atoms with E-state index in [9.17, 15) is 4.79 Å². The van der Waals surface area contributed by atoms with Crippen molar-refractivity contribution in [1.82, 2.24) is 0 Å². The third kappa shape index (κ3) is 5.07. The molecule has 0 aliphatic carbocycles. The van der Waals surface area contributed by atoms with E-state index in [2.05, 4.69) is 33.8 Å². The lowest BCUT2D eigenvalue weighted by Crippen LogP contribution is -2.15. The number of benzene rings is 1. The molecule has 0 bridgehead atoms. The molecule has 3 heteroatoms. The Morgan fingerprint density at radius 2 is 1.95 bits per heavy atom. The summed E-state index contributed by atoms with van der Waals surface area (Å²) in [5, 5.41) is 9.05. The molecule has 0 aromatic heterocycles. The third-order valence-electron chi connectivity index (χ3n) is 3.66. The van der Waals surface area contributed by atoms with Crippen molar-refractivity contribution in [2.24, 2.45) is 0 Å². The van der Waals surface area contributed by atoms with Crippen LogP contribution in [0.25, 0.3) is 0 Å². The number of ether oxygens (including phenoxy) is 1. The largest absolute Gasteiger partial charge is 0.493 e. The van der Waals surface area contributed by atoms with E-state index in [1.807, 2.05) is 19.1 Å². The molecule has 21 heavy (non-hydrogen) atoms. The summed E-state index contributed by atoms with van der Waals surface area (Å²) in [5.41, 5.74) is 2.21. The zero-order chi connectivity index (χ0) is 16.0. The molecule has 1 N–H and O–H groups in total. The van der Waals surface area contributed by atoms with Gasteiger partial charge in [-0.25, -0.2) is 0 Å². The van der Waals surface area contributed by atoms with E-state index >= 15 is 0 Å². The minimum absolute atomic E-state index is 0.0272. The van der Waals surface area contributed by atoms with Crippen molar-refractivity contribution in [3.05, 3.63) is 29.3 Å². The van der Waals surface area contributed by atoms with Gasteiger partial charge < -0.3 is 9.84 Å². The summed E-state index contributed by atoms with van der Waals surface area (Å²) >= 11 is 0. The summed E-state index contributed by atoms with van der Waals surface area (Å²) in [4.78, 5) is 11.0. The van der Waals surface area contributed by atoms with E-state index < -0.39 is 5.97 Å². The topological polar surface area (TPSA) is 46.5 Å². The van der Waals surface area contributed by atoms with Crippen LogP contribution in [0.3, 0.4) is 0 Å². The van der Waals surface area contributed by atoms with Gasteiger partial charge in [0.2, 0.25) is 0 Å². The second kappa shape index (κ2) is 7.48. The first kappa shape index (κ1) is 17.5. The van der Waals surface area contributed by atoms with Crippen molar-refractivity contribution >= 4 is 5.97 Å². The van der Waals surface area contributed by atoms with E-state index in [-0.39, 0.29) is 17.8 Å². The highest BCUT2D eigenvalue weighted by Gasteiger charge is 2.22. The number of carboxylic acid groups (broad SMARTS) is 1. The highest BCUT2D eigenvalue weighted by atomic mass is 16.5. The maximum atomic E-state index is 11.0. The van der Waals surface area contributed by atoms with Crippen LogP contribution in [0.1, 0.15) is 70.9 Å². The highest BCUT2D eigenvalue weighted by Crippen LogP contribution is 2.35. The van der Waals surface area contributed by atoms with Crippen molar-refractivity contribution in [3.8, 4) is 5.75 Å². The average molecular weight is 292 g/mol. The van der Waals surface area contributed by atoms with Gasteiger partial charge in [-0.2, -0.15) is 0 Å². The smallest absolute Gasteiger partial charge is 0.303 e. The Bertz CT molecular complexity index is 472. The van der Waals surface area contributed by atoms with Gasteiger partial charge in [-0.3, -0.25) is 4.79 Å². The molecule has 1 atom stereocenters. The van der Waals surface area contributed by atoms with Crippen LogP contribution < -0.4 is 4.74 Å². The van der Waals surface area contributed by atoms with Crippen LogP contribution in [0.2, 0.25) is 0 Å². The zero-order valence-corrected chi connectivity index (χ0v) is 13.9. The van der Waals surface area contributed by atoms with Crippen molar-refractivity contribution in [2.45, 2.75) is 65.2 Å². The summed E-state index contributed by atoms with van der Waals surface area (Å²) in [5.74, 6) is 0.229. The molecule has 0 aliphatic rings. The second-order valence-electron chi connectivity index (χ2n) is 6.56. The SMILES string of the molecule is CCCOc1ccc(C(CC)CC(=O)O)cc1C(C)(C)C. The van der Waals surface area contributed by atoms with Gasteiger partial charge in [-0.1, -0.05) is 46.8 Å². The Hall–Kier alpha value is -1.51. The molecule has 1 aromatic rings. The van der Waals surface area contributed by atoms with Crippen LogP contribution >= 0.6 is 0 Å². The number of carboxylic acids is 1. The van der Waals surface area contributed by atoms with Crippen molar-refractivity contribution < 1.29 is 14.6 Å². The summed E-state index contributed by atoms with van der Waals surface area (Å²) < 4.78 is 5.85. The molecular formula is C18H28O3. The lowest BCUT2D eigenvalue weighted by molar-refractivity contribution is -0.137. The Morgan fingerprint density at radius 1 is 1.29 bits per heavy atom. The van der Waals surface area contributed by atoms with Crippen LogP contribution in [0.15, 0.2) is 18.2 Å². The molecule has 1 unspecified atom stereocenters. The first-order valence-electron chi connectivity index (χ1n) is 7.78. The lowest BCUT2D eigenvalue weighted by Gasteiger charge is -2.25.